The third-order valence-electron chi connectivity index (χ3n) is 1.45. The fourth-order valence-corrected chi connectivity index (χ4v) is 2.18. The molecule has 0 aliphatic carbocycles. The van der Waals surface area contributed by atoms with Crippen LogP contribution in [-0.4, -0.2) is 52.2 Å². The van der Waals surface area contributed by atoms with Crippen LogP contribution in [0.1, 0.15) is 0 Å². The molecule has 0 unspecified atom stereocenters. The van der Waals surface area contributed by atoms with Crippen molar-refractivity contribution in [3.63, 3.8) is 0 Å². The van der Waals surface area contributed by atoms with Crippen LogP contribution in [-0.2, 0) is 0 Å². The summed E-state index contributed by atoms with van der Waals surface area (Å²) in [6.07, 6.45) is 2.01. The van der Waals surface area contributed by atoms with Crippen LogP contribution in [0.5, 0.6) is 5.19 Å². The smallest absolute Gasteiger partial charge is 0.294 e. The minimum absolute atomic E-state index is 0.0894. The van der Waals surface area contributed by atoms with Crippen LogP contribution in [0.15, 0.2) is 5.16 Å². The molecular weight excluding hydrogens is 266 g/mol. The maximum atomic E-state index is 11.4. The van der Waals surface area contributed by atoms with Gasteiger partial charge in [0.25, 0.3) is 10.4 Å². The Labute approximate surface area is 107 Å². The maximum absolute atomic E-state index is 11.4. The number of aromatic nitrogens is 2. The van der Waals surface area contributed by atoms with E-state index in [1.54, 1.807) is 25.9 Å². The topological polar surface area (TPSA) is 55.3 Å². The molecule has 0 fully saturated rings. The van der Waals surface area contributed by atoms with Crippen molar-refractivity contribution in [1.29, 1.82) is 0 Å². The summed E-state index contributed by atoms with van der Waals surface area (Å²) in [5.74, 6) is 0.915. The SMILES string of the molecule is CSCCOc1nc(SC(=O)N(C)C)ns1. The molecule has 1 aromatic rings. The van der Waals surface area contributed by atoms with Gasteiger partial charge in [-0.3, -0.25) is 4.79 Å². The van der Waals surface area contributed by atoms with Crippen molar-refractivity contribution in [2.24, 2.45) is 0 Å². The average molecular weight is 279 g/mol. The fourth-order valence-electron chi connectivity index (χ4n) is 0.679. The van der Waals surface area contributed by atoms with E-state index in [1.165, 1.54) is 16.4 Å². The normalized spacial score (nSPS) is 10.2. The number of thioether (sulfide) groups is 2. The lowest BCUT2D eigenvalue weighted by Crippen LogP contribution is -2.16. The molecule has 0 aliphatic heterocycles. The second-order valence-electron chi connectivity index (χ2n) is 2.95. The number of carbonyl (C=O) groups excluding carboxylic acids is 1. The summed E-state index contributed by atoms with van der Waals surface area (Å²) in [5, 5.41) is 0.874. The van der Waals surface area contributed by atoms with Gasteiger partial charge in [-0.05, 0) is 6.26 Å². The van der Waals surface area contributed by atoms with Gasteiger partial charge in [0.1, 0.15) is 0 Å². The lowest BCUT2D eigenvalue weighted by atomic mass is 10.9. The molecule has 0 bridgehead atoms. The van der Waals surface area contributed by atoms with Gasteiger partial charge in [-0.25, -0.2) is 0 Å². The molecule has 0 saturated heterocycles. The van der Waals surface area contributed by atoms with Gasteiger partial charge in [0, 0.05) is 43.1 Å². The van der Waals surface area contributed by atoms with Crippen LogP contribution >= 0.6 is 35.1 Å². The third-order valence-corrected chi connectivity index (χ3v) is 3.67. The van der Waals surface area contributed by atoms with E-state index < -0.39 is 0 Å². The molecule has 1 rings (SSSR count). The van der Waals surface area contributed by atoms with E-state index in [2.05, 4.69) is 9.36 Å². The standard InChI is InChI=1S/C8H13N3O2S3/c1-11(2)8(12)15-6-9-7(16-10-6)13-4-5-14-3/h4-5H2,1-3H3. The van der Waals surface area contributed by atoms with E-state index in [9.17, 15) is 4.79 Å². The van der Waals surface area contributed by atoms with Crippen LogP contribution in [0.2, 0.25) is 0 Å². The first kappa shape index (κ1) is 13.6. The largest absolute Gasteiger partial charge is 0.468 e. The second kappa shape index (κ2) is 6.97. The zero-order chi connectivity index (χ0) is 12.0. The number of hydrogen-bond donors (Lipinski definition) is 0. The number of ether oxygens (including phenoxy) is 1. The van der Waals surface area contributed by atoms with E-state index in [0.717, 1.165) is 17.5 Å². The summed E-state index contributed by atoms with van der Waals surface area (Å²) in [4.78, 5) is 16.9. The zero-order valence-electron chi connectivity index (χ0n) is 9.30. The van der Waals surface area contributed by atoms with Crippen molar-refractivity contribution in [2.45, 2.75) is 5.16 Å². The van der Waals surface area contributed by atoms with E-state index in [0.29, 0.717) is 17.0 Å². The summed E-state index contributed by atoms with van der Waals surface area (Å²) in [6.45, 7) is 0.613. The fraction of sp³-hybridized carbons (Fsp3) is 0.625. The summed E-state index contributed by atoms with van der Waals surface area (Å²) in [5.41, 5.74) is 0. The van der Waals surface area contributed by atoms with Crippen molar-refractivity contribution in [3.05, 3.63) is 0 Å². The van der Waals surface area contributed by atoms with Crippen molar-refractivity contribution in [1.82, 2.24) is 14.3 Å². The third kappa shape index (κ3) is 4.58. The molecule has 1 amide bonds. The van der Waals surface area contributed by atoms with Gasteiger partial charge in [-0.15, -0.1) is 0 Å². The Kier molecular flexibility index (Phi) is 5.93. The summed E-state index contributed by atoms with van der Waals surface area (Å²) < 4.78 is 9.39. The zero-order valence-corrected chi connectivity index (χ0v) is 11.7. The number of hydrogen-bond acceptors (Lipinski definition) is 7. The summed E-state index contributed by atoms with van der Waals surface area (Å²) in [7, 11) is 3.38. The Morgan fingerprint density at radius 2 is 2.31 bits per heavy atom. The average Bonchev–Trinajstić information content (AvgIpc) is 2.66. The Morgan fingerprint density at radius 1 is 1.56 bits per heavy atom. The van der Waals surface area contributed by atoms with Crippen molar-refractivity contribution in [3.8, 4) is 5.19 Å². The lowest BCUT2D eigenvalue weighted by Gasteiger charge is -2.06. The molecule has 0 spiro atoms. The van der Waals surface area contributed by atoms with Gasteiger partial charge < -0.3 is 9.64 Å². The van der Waals surface area contributed by atoms with Crippen LogP contribution in [0.25, 0.3) is 0 Å². The molecule has 1 aromatic heterocycles. The molecule has 0 saturated carbocycles. The highest BCUT2D eigenvalue weighted by atomic mass is 32.2. The Morgan fingerprint density at radius 3 is 2.94 bits per heavy atom. The molecule has 0 aliphatic rings. The van der Waals surface area contributed by atoms with Gasteiger partial charge >= 0.3 is 0 Å². The Balaban J connectivity index is 2.42. The highest BCUT2D eigenvalue weighted by molar-refractivity contribution is 8.13. The molecular formula is C8H13N3O2S3. The Bertz CT molecular complexity index is 343. The second-order valence-corrected chi connectivity index (χ2v) is 5.57. The molecule has 0 radical (unpaired) electrons. The molecule has 16 heavy (non-hydrogen) atoms. The first-order valence-corrected chi connectivity index (χ1v) is 7.46. The quantitative estimate of drug-likeness (QED) is 0.607. The molecule has 0 atom stereocenters. The highest BCUT2D eigenvalue weighted by Crippen LogP contribution is 2.23. The van der Waals surface area contributed by atoms with E-state index in [4.69, 9.17) is 4.74 Å². The van der Waals surface area contributed by atoms with Gasteiger partial charge in [-0.1, -0.05) is 0 Å². The van der Waals surface area contributed by atoms with E-state index in [1.807, 2.05) is 6.26 Å². The molecule has 0 aromatic carbocycles. The van der Waals surface area contributed by atoms with Gasteiger partial charge in [-0.2, -0.15) is 21.1 Å². The predicted molar refractivity (Wildman–Crippen MR) is 68.7 cm³/mol. The highest BCUT2D eigenvalue weighted by Gasteiger charge is 2.12. The van der Waals surface area contributed by atoms with Crippen LogP contribution in [0, 0.1) is 0 Å². The van der Waals surface area contributed by atoms with Gasteiger partial charge in [0.15, 0.2) is 0 Å². The minimum atomic E-state index is -0.0894. The molecule has 0 N–H and O–H groups in total. The number of carbonyl (C=O) groups is 1. The lowest BCUT2D eigenvalue weighted by molar-refractivity contribution is 0.241. The van der Waals surface area contributed by atoms with E-state index in [-0.39, 0.29) is 5.24 Å². The number of nitrogens with zero attached hydrogens (tertiary/aromatic N) is 3. The molecule has 1 heterocycles. The van der Waals surface area contributed by atoms with Crippen molar-refractivity contribution in [2.75, 3.05) is 32.7 Å². The maximum Gasteiger partial charge on any atom is 0.294 e. The number of amides is 1. The van der Waals surface area contributed by atoms with Crippen molar-refractivity contribution >= 4 is 40.3 Å². The van der Waals surface area contributed by atoms with Crippen LogP contribution in [0.4, 0.5) is 4.79 Å². The monoisotopic (exact) mass is 279 g/mol. The van der Waals surface area contributed by atoms with Crippen LogP contribution < -0.4 is 4.74 Å². The van der Waals surface area contributed by atoms with Gasteiger partial charge in [0.05, 0.1) is 6.61 Å². The number of rotatable bonds is 5. The Hall–Kier alpha value is -0.470. The molecule has 8 heteroatoms. The van der Waals surface area contributed by atoms with Crippen LogP contribution in [0.3, 0.4) is 0 Å². The predicted octanol–water partition coefficient (Wildman–Crippen LogP) is 2.05. The first-order valence-electron chi connectivity index (χ1n) is 4.48. The first-order chi connectivity index (χ1) is 7.63. The minimum Gasteiger partial charge on any atom is -0.468 e. The molecule has 5 nitrogen and oxygen atoms in total. The molecule has 90 valence electrons. The summed E-state index contributed by atoms with van der Waals surface area (Å²) in [6, 6.07) is 0. The summed E-state index contributed by atoms with van der Waals surface area (Å²) >= 11 is 3.88. The van der Waals surface area contributed by atoms with Crippen molar-refractivity contribution < 1.29 is 9.53 Å². The van der Waals surface area contributed by atoms with Gasteiger partial charge in [0.2, 0.25) is 5.16 Å². The van der Waals surface area contributed by atoms with E-state index >= 15 is 0 Å².